The molecule has 0 aliphatic heterocycles. The number of likely N-dealkylation sites (N-methyl/N-ethyl adjacent to an activating group) is 1. The lowest BCUT2D eigenvalue weighted by molar-refractivity contribution is -0.136. The zero-order chi connectivity index (χ0) is 15.8. The van der Waals surface area contributed by atoms with Crippen molar-refractivity contribution in [3.8, 4) is 5.75 Å². The number of hydrogen-bond donors (Lipinski definition) is 2. The second-order valence-electron chi connectivity index (χ2n) is 4.47. The van der Waals surface area contributed by atoms with Crippen LogP contribution in [0.1, 0.15) is 16.8 Å². The number of carbonyl (C=O) groups excluding carboxylic acids is 2. The lowest BCUT2D eigenvalue weighted by Crippen LogP contribution is -2.29. The van der Waals surface area contributed by atoms with E-state index in [1.54, 1.807) is 38.4 Å². The van der Waals surface area contributed by atoms with Crippen LogP contribution in [0.2, 0.25) is 0 Å². The predicted molar refractivity (Wildman–Crippen MR) is 75.2 cm³/mol. The van der Waals surface area contributed by atoms with Gasteiger partial charge < -0.3 is 20.1 Å². The molecule has 2 N–H and O–H groups in total. The fourth-order valence-electron chi connectivity index (χ4n) is 1.43. The first-order chi connectivity index (χ1) is 9.91. The zero-order valence-electron chi connectivity index (χ0n) is 12.0. The van der Waals surface area contributed by atoms with E-state index in [2.05, 4.69) is 5.32 Å². The topological polar surface area (TPSA) is 95.9 Å². The molecule has 7 nitrogen and oxygen atoms in total. The molecule has 114 valence electrons. The molecule has 0 saturated carbocycles. The van der Waals surface area contributed by atoms with Gasteiger partial charge in [0, 0.05) is 20.6 Å². The summed E-state index contributed by atoms with van der Waals surface area (Å²) in [4.78, 5) is 35.2. The highest BCUT2D eigenvalue weighted by Gasteiger charge is 2.13. The first kappa shape index (κ1) is 16.5. The summed E-state index contributed by atoms with van der Waals surface area (Å²) in [6.45, 7) is -0.147. The highest BCUT2D eigenvalue weighted by molar-refractivity contribution is 5.97. The number of hydrogen-bond acceptors (Lipinski definition) is 4. The van der Waals surface area contributed by atoms with Crippen LogP contribution in [-0.2, 0) is 9.59 Å². The fraction of sp³-hybridized carbons (Fsp3) is 0.357. The van der Waals surface area contributed by atoms with Crippen LogP contribution in [0, 0.1) is 0 Å². The number of amides is 2. The van der Waals surface area contributed by atoms with Gasteiger partial charge in [0.2, 0.25) is 0 Å². The predicted octanol–water partition coefficient (Wildman–Crippen LogP) is 0.358. The van der Waals surface area contributed by atoms with E-state index in [9.17, 15) is 14.4 Å². The number of aliphatic carboxylic acids is 1. The van der Waals surface area contributed by atoms with Gasteiger partial charge in [-0.3, -0.25) is 14.4 Å². The van der Waals surface area contributed by atoms with Crippen molar-refractivity contribution in [2.45, 2.75) is 6.42 Å². The molecule has 7 heteroatoms. The van der Waals surface area contributed by atoms with Crippen molar-refractivity contribution < 1.29 is 24.2 Å². The van der Waals surface area contributed by atoms with Gasteiger partial charge in [-0.25, -0.2) is 0 Å². The lowest BCUT2D eigenvalue weighted by atomic mass is 10.2. The Labute approximate surface area is 122 Å². The first-order valence-electron chi connectivity index (χ1n) is 6.33. The zero-order valence-corrected chi connectivity index (χ0v) is 12.0. The number of nitrogens with one attached hydrogen (secondary N) is 1. The smallest absolute Gasteiger partial charge is 0.305 e. The summed E-state index contributed by atoms with van der Waals surface area (Å²) in [5, 5.41) is 11.0. The Kier molecular flexibility index (Phi) is 6.19. The molecule has 0 aliphatic carbocycles. The number of carboxylic acids is 1. The van der Waals surface area contributed by atoms with Crippen molar-refractivity contribution in [3.05, 3.63) is 29.8 Å². The largest absolute Gasteiger partial charge is 0.483 e. The van der Waals surface area contributed by atoms with Crippen LogP contribution >= 0.6 is 0 Å². The van der Waals surface area contributed by atoms with Crippen LogP contribution in [0.25, 0.3) is 0 Å². The van der Waals surface area contributed by atoms with Crippen molar-refractivity contribution in [3.63, 3.8) is 0 Å². The van der Waals surface area contributed by atoms with E-state index in [0.29, 0.717) is 0 Å². The molecule has 0 aliphatic rings. The van der Waals surface area contributed by atoms with Crippen LogP contribution in [0.5, 0.6) is 5.75 Å². The van der Waals surface area contributed by atoms with Crippen LogP contribution in [0.3, 0.4) is 0 Å². The van der Waals surface area contributed by atoms with E-state index < -0.39 is 11.9 Å². The molecule has 0 atom stereocenters. The molecule has 1 aromatic carbocycles. The van der Waals surface area contributed by atoms with Gasteiger partial charge in [0.25, 0.3) is 11.8 Å². The summed E-state index contributed by atoms with van der Waals surface area (Å²) in [5.74, 6) is -1.38. The molecule has 2 amide bonds. The maximum absolute atomic E-state index is 11.9. The molecule has 0 saturated heterocycles. The molecule has 1 rings (SSSR count). The molecular formula is C14H18N2O5. The quantitative estimate of drug-likeness (QED) is 0.757. The van der Waals surface area contributed by atoms with Crippen molar-refractivity contribution >= 4 is 17.8 Å². The van der Waals surface area contributed by atoms with E-state index >= 15 is 0 Å². The van der Waals surface area contributed by atoms with Crippen molar-refractivity contribution in [1.82, 2.24) is 10.2 Å². The normalized spacial score (nSPS) is 9.81. The molecule has 0 aromatic heterocycles. The van der Waals surface area contributed by atoms with E-state index in [-0.39, 0.29) is 36.8 Å². The fourth-order valence-corrected chi connectivity index (χ4v) is 1.43. The molecule has 1 aromatic rings. The molecule has 21 heavy (non-hydrogen) atoms. The summed E-state index contributed by atoms with van der Waals surface area (Å²) in [6.07, 6.45) is -0.159. The van der Waals surface area contributed by atoms with Crippen LogP contribution in [-0.4, -0.2) is 55.0 Å². The van der Waals surface area contributed by atoms with E-state index in [4.69, 9.17) is 9.84 Å². The second-order valence-corrected chi connectivity index (χ2v) is 4.47. The highest BCUT2D eigenvalue weighted by atomic mass is 16.5. The van der Waals surface area contributed by atoms with E-state index in [1.165, 1.54) is 4.90 Å². The van der Waals surface area contributed by atoms with Crippen molar-refractivity contribution in [2.75, 3.05) is 27.2 Å². The minimum Gasteiger partial charge on any atom is -0.483 e. The molecular weight excluding hydrogens is 276 g/mol. The van der Waals surface area contributed by atoms with Gasteiger partial charge in [0.15, 0.2) is 6.61 Å². The third kappa shape index (κ3) is 5.52. The minimum atomic E-state index is -0.989. The summed E-state index contributed by atoms with van der Waals surface area (Å²) in [6, 6.07) is 6.47. The Morgan fingerprint density at radius 1 is 1.24 bits per heavy atom. The Morgan fingerprint density at radius 3 is 2.52 bits per heavy atom. The van der Waals surface area contributed by atoms with Gasteiger partial charge in [-0.15, -0.1) is 0 Å². The van der Waals surface area contributed by atoms with Gasteiger partial charge in [-0.1, -0.05) is 12.1 Å². The number of para-hydroxylation sites is 1. The molecule has 0 bridgehead atoms. The van der Waals surface area contributed by atoms with Crippen LogP contribution in [0.15, 0.2) is 24.3 Å². The second kappa shape index (κ2) is 7.88. The third-order valence-corrected chi connectivity index (χ3v) is 2.61. The Balaban J connectivity index is 2.67. The van der Waals surface area contributed by atoms with Gasteiger partial charge >= 0.3 is 5.97 Å². The number of ether oxygens (including phenoxy) is 1. The number of carbonyl (C=O) groups is 3. The SMILES string of the molecule is CN(C)C(=O)COc1ccccc1C(=O)NCCC(=O)O. The van der Waals surface area contributed by atoms with Gasteiger partial charge in [0.05, 0.1) is 12.0 Å². The van der Waals surface area contributed by atoms with Crippen molar-refractivity contribution in [1.29, 1.82) is 0 Å². The van der Waals surface area contributed by atoms with Crippen LogP contribution in [0.4, 0.5) is 0 Å². The van der Waals surface area contributed by atoms with Crippen LogP contribution < -0.4 is 10.1 Å². The average Bonchev–Trinajstić information content (AvgIpc) is 2.44. The first-order valence-corrected chi connectivity index (χ1v) is 6.33. The number of benzene rings is 1. The van der Waals surface area contributed by atoms with Gasteiger partial charge in [-0.2, -0.15) is 0 Å². The number of nitrogens with zero attached hydrogens (tertiary/aromatic N) is 1. The van der Waals surface area contributed by atoms with Gasteiger partial charge in [-0.05, 0) is 12.1 Å². The average molecular weight is 294 g/mol. The molecule has 0 unspecified atom stereocenters. The summed E-state index contributed by atoms with van der Waals surface area (Å²) in [5.41, 5.74) is 0.259. The monoisotopic (exact) mass is 294 g/mol. The summed E-state index contributed by atoms with van der Waals surface area (Å²) in [7, 11) is 3.21. The Hall–Kier alpha value is -2.57. The number of carboxylic acid groups (broad SMARTS) is 1. The van der Waals surface area contributed by atoms with E-state index in [1.807, 2.05) is 0 Å². The summed E-state index contributed by atoms with van der Waals surface area (Å²) >= 11 is 0. The third-order valence-electron chi connectivity index (χ3n) is 2.61. The minimum absolute atomic E-state index is 0.0269. The summed E-state index contributed by atoms with van der Waals surface area (Å²) < 4.78 is 5.34. The highest BCUT2D eigenvalue weighted by Crippen LogP contribution is 2.17. The molecule has 0 heterocycles. The lowest BCUT2D eigenvalue weighted by Gasteiger charge is -2.13. The molecule has 0 radical (unpaired) electrons. The van der Waals surface area contributed by atoms with Crippen molar-refractivity contribution in [2.24, 2.45) is 0 Å². The standard InChI is InChI=1S/C14H18N2O5/c1-16(2)12(17)9-21-11-6-4-3-5-10(11)14(20)15-8-7-13(18)19/h3-6H,7-9H2,1-2H3,(H,15,20)(H,18,19). The molecule has 0 spiro atoms. The maximum atomic E-state index is 11.9. The van der Waals surface area contributed by atoms with E-state index in [0.717, 1.165) is 0 Å². The van der Waals surface area contributed by atoms with Gasteiger partial charge in [0.1, 0.15) is 5.75 Å². The Bertz CT molecular complexity index is 528. The Morgan fingerprint density at radius 2 is 1.90 bits per heavy atom. The molecule has 0 fully saturated rings. The maximum Gasteiger partial charge on any atom is 0.305 e. The number of rotatable bonds is 7.